The summed E-state index contributed by atoms with van der Waals surface area (Å²) in [5, 5.41) is 18.3. The van der Waals surface area contributed by atoms with Crippen LogP contribution in [0.5, 0.6) is 0 Å². The zero-order valence-corrected chi connectivity index (χ0v) is 14.0. The van der Waals surface area contributed by atoms with Crippen LogP contribution in [0.2, 0.25) is 0 Å². The number of benzene rings is 2. The number of aromatic carboxylic acids is 2. The Morgan fingerprint density at radius 1 is 0.643 bits per heavy atom. The first kappa shape index (κ1) is 17.2. The third kappa shape index (κ3) is 2.82. The summed E-state index contributed by atoms with van der Waals surface area (Å²) < 4.78 is 10.4. The fraction of sp³-hybridized carbons (Fsp3) is 0. The lowest BCUT2D eigenvalue weighted by Gasteiger charge is -2.06. The smallest absolute Gasteiger partial charge is 0.371 e. The largest absolute Gasteiger partial charge is 0.475 e. The summed E-state index contributed by atoms with van der Waals surface area (Å²) in [5.74, 6) is -3.60. The standard InChI is InChI=1S/C20H10O8/c21-13-7-17(19(23)24)27-15-3-1-9(5-11(13)15)10-2-4-16-12(6-10)14(22)8-18(28-16)20(25)26/h1-8H,(H,23,24)(H,25,26). The predicted octanol–water partition coefficient (Wildman–Crippen LogP) is 2.96. The second-order valence-corrected chi connectivity index (χ2v) is 5.98. The molecule has 138 valence electrons. The van der Waals surface area contributed by atoms with Gasteiger partial charge in [-0.15, -0.1) is 0 Å². The molecular weight excluding hydrogens is 368 g/mol. The maximum atomic E-state index is 12.2. The molecule has 8 heteroatoms. The molecule has 2 aromatic carbocycles. The molecule has 0 aliphatic rings. The van der Waals surface area contributed by atoms with Crippen molar-refractivity contribution in [1.82, 2.24) is 0 Å². The topological polar surface area (TPSA) is 135 Å². The highest BCUT2D eigenvalue weighted by molar-refractivity contribution is 5.91. The van der Waals surface area contributed by atoms with E-state index in [0.29, 0.717) is 11.1 Å². The van der Waals surface area contributed by atoms with E-state index in [1.165, 1.54) is 24.3 Å². The normalized spacial score (nSPS) is 11.0. The van der Waals surface area contributed by atoms with E-state index >= 15 is 0 Å². The Morgan fingerprint density at radius 2 is 1.04 bits per heavy atom. The van der Waals surface area contributed by atoms with E-state index in [1.54, 1.807) is 12.1 Å². The van der Waals surface area contributed by atoms with E-state index in [2.05, 4.69) is 0 Å². The molecule has 0 atom stereocenters. The average Bonchev–Trinajstić information content (AvgIpc) is 2.67. The minimum Gasteiger partial charge on any atom is -0.475 e. The molecule has 0 radical (unpaired) electrons. The molecule has 28 heavy (non-hydrogen) atoms. The zero-order chi connectivity index (χ0) is 20.0. The maximum absolute atomic E-state index is 12.2. The molecule has 2 N–H and O–H groups in total. The second kappa shape index (κ2) is 6.20. The van der Waals surface area contributed by atoms with Crippen molar-refractivity contribution in [3.63, 3.8) is 0 Å². The molecule has 0 unspecified atom stereocenters. The predicted molar refractivity (Wildman–Crippen MR) is 97.9 cm³/mol. The number of carboxylic acid groups (broad SMARTS) is 2. The van der Waals surface area contributed by atoms with E-state index in [1.807, 2.05) is 0 Å². The van der Waals surface area contributed by atoms with Gasteiger partial charge in [-0.2, -0.15) is 0 Å². The third-order valence-electron chi connectivity index (χ3n) is 4.21. The van der Waals surface area contributed by atoms with E-state index < -0.39 is 34.3 Å². The van der Waals surface area contributed by atoms with Crippen LogP contribution >= 0.6 is 0 Å². The van der Waals surface area contributed by atoms with Gasteiger partial charge in [-0.05, 0) is 35.4 Å². The molecule has 0 saturated carbocycles. The highest BCUT2D eigenvalue weighted by atomic mass is 16.4. The Balaban J connectivity index is 1.89. The fourth-order valence-electron chi connectivity index (χ4n) is 2.88. The first-order chi connectivity index (χ1) is 13.3. The van der Waals surface area contributed by atoms with Gasteiger partial charge in [0, 0.05) is 12.1 Å². The van der Waals surface area contributed by atoms with Crippen molar-refractivity contribution in [2.45, 2.75) is 0 Å². The summed E-state index contributed by atoms with van der Waals surface area (Å²) in [6, 6.07) is 11.0. The zero-order valence-electron chi connectivity index (χ0n) is 14.0. The van der Waals surface area contributed by atoms with Gasteiger partial charge in [0.1, 0.15) is 11.2 Å². The van der Waals surface area contributed by atoms with Gasteiger partial charge in [0.05, 0.1) is 10.8 Å². The monoisotopic (exact) mass is 378 g/mol. The number of carbonyl (C=O) groups is 2. The van der Waals surface area contributed by atoms with Gasteiger partial charge in [0.15, 0.2) is 10.9 Å². The van der Waals surface area contributed by atoms with Gasteiger partial charge in [0.25, 0.3) is 0 Å². The first-order valence-electron chi connectivity index (χ1n) is 7.96. The van der Waals surface area contributed by atoms with Gasteiger partial charge in [-0.25, -0.2) is 9.59 Å². The van der Waals surface area contributed by atoms with Gasteiger partial charge in [-0.1, -0.05) is 12.1 Å². The van der Waals surface area contributed by atoms with Crippen LogP contribution in [-0.2, 0) is 0 Å². The van der Waals surface area contributed by atoms with Gasteiger partial charge in [-0.3, -0.25) is 9.59 Å². The van der Waals surface area contributed by atoms with Crippen molar-refractivity contribution in [3.8, 4) is 11.1 Å². The minimum atomic E-state index is -1.34. The Bertz CT molecular complexity index is 1300. The second-order valence-electron chi connectivity index (χ2n) is 5.98. The Morgan fingerprint density at radius 3 is 1.39 bits per heavy atom. The van der Waals surface area contributed by atoms with Crippen LogP contribution in [0, 0.1) is 0 Å². The van der Waals surface area contributed by atoms with Crippen molar-refractivity contribution in [2.24, 2.45) is 0 Å². The Labute approximate surface area is 154 Å². The number of hydrogen-bond donors (Lipinski definition) is 2. The van der Waals surface area contributed by atoms with E-state index in [-0.39, 0.29) is 21.9 Å². The molecule has 4 rings (SSSR count). The van der Waals surface area contributed by atoms with Crippen LogP contribution in [0.1, 0.15) is 21.1 Å². The molecule has 0 fully saturated rings. The van der Waals surface area contributed by atoms with Crippen LogP contribution in [-0.4, -0.2) is 22.2 Å². The van der Waals surface area contributed by atoms with E-state index in [0.717, 1.165) is 12.1 Å². The Hall–Kier alpha value is -4.20. The molecule has 8 nitrogen and oxygen atoms in total. The summed E-state index contributed by atoms with van der Waals surface area (Å²) in [7, 11) is 0. The first-order valence-corrected chi connectivity index (χ1v) is 7.96. The van der Waals surface area contributed by atoms with E-state index in [4.69, 9.17) is 19.0 Å². The number of fused-ring (bicyclic) bond motifs is 2. The van der Waals surface area contributed by atoms with Gasteiger partial charge < -0.3 is 19.0 Å². The Kier molecular flexibility index (Phi) is 3.82. The molecule has 0 aliphatic carbocycles. The lowest BCUT2D eigenvalue weighted by molar-refractivity contribution is 0.0653. The van der Waals surface area contributed by atoms with Gasteiger partial charge in [0.2, 0.25) is 11.5 Å². The molecule has 0 saturated heterocycles. The molecule has 0 aliphatic heterocycles. The molecular formula is C20H10O8. The number of hydrogen-bond acceptors (Lipinski definition) is 6. The SMILES string of the molecule is O=C(O)c1cc(=O)c2cc(-c3ccc4oc(C(=O)O)cc(=O)c4c3)ccc2o1. The summed E-state index contributed by atoms with van der Waals surface area (Å²) in [5.41, 5.74) is 0.414. The molecule has 0 spiro atoms. The summed E-state index contributed by atoms with van der Waals surface area (Å²) in [6.07, 6.45) is 0. The molecule has 2 heterocycles. The van der Waals surface area contributed by atoms with Crippen molar-refractivity contribution in [1.29, 1.82) is 0 Å². The minimum absolute atomic E-state index is 0.125. The number of carboxylic acids is 2. The van der Waals surface area contributed by atoms with Crippen LogP contribution in [0.15, 0.2) is 67.0 Å². The molecule has 4 aromatic rings. The van der Waals surface area contributed by atoms with Crippen LogP contribution in [0.4, 0.5) is 0 Å². The third-order valence-corrected chi connectivity index (χ3v) is 4.21. The molecule has 2 aromatic heterocycles. The van der Waals surface area contributed by atoms with Crippen LogP contribution < -0.4 is 10.9 Å². The van der Waals surface area contributed by atoms with Crippen molar-refractivity contribution >= 4 is 33.9 Å². The van der Waals surface area contributed by atoms with E-state index in [9.17, 15) is 19.2 Å². The summed E-state index contributed by atoms with van der Waals surface area (Å²) >= 11 is 0. The summed E-state index contributed by atoms with van der Waals surface area (Å²) in [4.78, 5) is 46.4. The highest BCUT2D eigenvalue weighted by Crippen LogP contribution is 2.26. The lowest BCUT2D eigenvalue weighted by atomic mass is 10.0. The quantitative estimate of drug-likeness (QED) is 0.555. The van der Waals surface area contributed by atoms with Crippen LogP contribution in [0.3, 0.4) is 0 Å². The average molecular weight is 378 g/mol. The maximum Gasteiger partial charge on any atom is 0.371 e. The molecule has 0 amide bonds. The highest BCUT2D eigenvalue weighted by Gasteiger charge is 2.14. The fourth-order valence-corrected chi connectivity index (χ4v) is 2.88. The number of rotatable bonds is 3. The molecule has 0 bridgehead atoms. The van der Waals surface area contributed by atoms with Gasteiger partial charge >= 0.3 is 11.9 Å². The lowest BCUT2D eigenvalue weighted by Crippen LogP contribution is -2.07. The van der Waals surface area contributed by atoms with Crippen molar-refractivity contribution in [3.05, 3.63) is 80.5 Å². The van der Waals surface area contributed by atoms with Crippen molar-refractivity contribution in [2.75, 3.05) is 0 Å². The van der Waals surface area contributed by atoms with Crippen LogP contribution in [0.25, 0.3) is 33.1 Å². The van der Waals surface area contributed by atoms with Crippen molar-refractivity contribution < 1.29 is 28.6 Å². The summed E-state index contributed by atoms with van der Waals surface area (Å²) in [6.45, 7) is 0.